The van der Waals surface area contributed by atoms with Crippen molar-refractivity contribution in [2.75, 3.05) is 0 Å². The first-order valence-electron chi connectivity index (χ1n) is 8.78. The van der Waals surface area contributed by atoms with Crippen LogP contribution in [0.15, 0.2) is 29.8 Å². The van der Waals surface area contributed by atoms with Crippen LogP contribution in [-0.4, -0.2) is 0 Å². The van der Waals surface area contributed by atoms with E-state index in [9.17, 15) is 0 Å². The Morgan fingerprint density at radius 1 is 1.29 bits per heavy atom. The monoisotopic (exact) mass is 279 g/mol. The molecule has 0 heterocycles. The van der Waals surface area contributed by atoms with E-state index < -0.39 is 0 Å². The number of fused-ring (bicyclic) bond motifs is 5. The van der Waals surface area contributed by atoms with Gasteiger partial charge in [-0.25, -0.2) is 0 Å². The highest BCUT2D eigenvalue weighted by molar-refractivity contribution is 5.40. The Morgan fingerprint density at radius 3 is 2.95 bits per heavy atom. The summed E-state index contributed by atoms with van der Waals surface area (Å²) in [5, 5.41) is 0. The van der Waals surface area contributed by atoms with Gasteiger partial charge in [-0.2, -0.15) is 0 Å². The molecule has 0 spiro atoms. The number of benzene rings is 1. The molecular formula is C21H27. The summed E-state index contributed by atoms with van der Waals surface area (Å²) in [5.74, 6) is 2.63. The number of allylic oxidation sites excluding steroid dienone is 2. The van der Waals surface area contributed by atoms with Crippen molar-refractivity contribution in [2.45, 2.75) is 58.3 Å². The Bertz CT molecular complexity index is 594. The molecule has 0 aliphatic heterocycles. The standard InChI is InChI=1S/C21H27/c1-4-16-7-10-20-19-9-6-15-13-14(2)5-8-17(15)18(19)11-12-21(16,20)3/h5,7-8,13,18-20H,2,4,6,9-12H2,1,3H3/t18?,19?,20?,21-/m1/s1. The minimum absolute atomic E-state index is 0.514. The maximum Gasteiger partial charge on any atom is -0.00822 e. The number of hydrogen-bond donors (Lipinski definition) is 0. The zero-order chi connectivity index (χ0) is 14.6. The van der Waals surface area contributed by atoms with E-state index in [0.717, 1.165) is 17.8 Å². The van der Waals surface area contributed by atoms with Crippen LogP contribution in [0.3, 0.4) is 0 Å². The van der Waals surface area contributed by atoms with Gasteiger partial charge in [0.1, 0.15) is 0 Å². The molecule has 4 rings (SSSR count). The lowest BCUT2D eigenvalue weighted by molar-refractivity contribution is 0.0736. The average molecular weight is 279 g/mol. The molecule has 3 unspecified atom stereocenters. The van der Waals surface area contributed by atoms with Crippen LogP contribution in [0.2, 0.25) is 0 Å². The number of hydrogen-bond acceptors (Lipinski definition) is 0. The molecule has 0 saturated heterocycles. The average Bonchev–Trinajstić information content (AvgIpc) is 2.83. The third kappa shape index (κ3) is 1.87. The molecule has 1 aromatic carbocycles. The molecule has 111 valence electrons. The molecule has 1 aromatic rings. The fourth-order valence-electron chi connectivity index (χ4n) is 5.84. The van der Waals surface area contributed by atoms with Gasteiger partial charge in [-0.15, -0.1) is 0 Å². The summed E-state index contributed by atoms with van der Waals surface area (Å²) in [6.45, 7) is 9.01. The first-order valence-corrected chi connectivity index (χ1v) is 8.78. The van der Waals surface area contributed by atoms with Crippen molar-refractivity contribution >= 4 is 0 Å². The molecule has 0 heteroatoms. The van der Waals surface area contributed by atoms with Gasteiger partial charge in [0.15, 0.2) is 0 Å². The lowest BCUT2D eigenvalue weighted by atomic mass is 9.54. The summed E-state index contributed by atoms with van der Waals surface area (Å²) in [4.78, 5) is 0. The lowest BCUT2D eigenvalue weighted by Crippen LogP contribution is -2.41. The molecule has 0 bridgehead atoms. The van der Waals surface area contributed by atoms with Gasteiger partial charge in [0.2, 0.25) is 0 Å². The molecular weight excluding hydrogens is 252 g/mol. The maximum absolute atomic E-state index is 4.11. The SMILES string of the molecule is [CH2]c1ccc2c(c1)CCC1C2CC[C@]2(C)C(CC)=CCC12. The van der Waals surface area contributed by atoms with Gasteiger partial charge in [-0.05, 0) is 85.3 Å². The molecule has 4 atom stereocenters. The highest BCUT2D eigenvalue weighted by atomic mass is 14.5. The predicted octanol–water partition coefficient (Wildman–Crippen LogP) is 5.67. The first kappa shape index (κ1) is 13.6. The Morgan fingerprint density at radius 2 is 2.14 bits per heavy atom. The van der Waals surface area contributed by atoms with E-state index >= 15 is 0 Å². The van der Waals surface area contributed by atoms with Gasteiger partial charge < -0.3 is 0 Å². The predicted molar refractivity (Wildman–Crippen MR) is 89.3 cm³/mol. The van der Waals surface area contributed by atoms with Crippen LogP contribution < -0.4 is 0 Å². The summed E-state index contributed by atoms with van der Waals surface area (Å²) >= 11 is 0. The third-order valence-corrected chi connectivity index (χ3v) is 6.91. The molecule has 0 nitrogen and oxygen atoms in total. The van der Waals surface area contributed by atoms with E-state index in [1.54, 1.807) is 16.7 Å². The Hall–Kier alpha value is -1.04. The van der Waals surface area contributed by atoms with Crippen LogP contribution in [-0.2, 0) is 6.42 Å². The van der Waals surface area contributed by atoms with E-state index in [-0.39, 0.29) is 0 Å². The number of rotatable bonds is 1. The second kappa shape index (κ2) is 4.73. The Labute approximate surface area is 129 Å². The van der Waals surface area contributed by atoms with Crippen LogP contribution in [0.25, 0.3) is 0 Å². The topological polar surface area (TPSA) is 0 Å². The highest BCUT2D eigenvalue weighted by Crippen LogP contribution is 2.61. The van der Waals surface area contributed by atoms with Crippen LogP contribution in [0.4, 0.5) is 0 Å². The fourth-order valence-corrected chi connectivity index (χ4v) is 5.84. The quantitative estimate of drug-likeness (QED) is 0.581. The molecule has 1 saturated carbocycles. The molecule has 3 aliphatic carbocycles. The van der Waals surface area contributed by atoms with E-state index in [1.165, 1.54) is 44.1 Å². The summed E-state index contributed by atoms with van der Waals surface area (Å²) in [5.41, 5.74) is 6.70. The van der Waals surface area contributed by atoms with Crippen molar-refractivity contribution in [2.24, 2.45) is 17.3 Å². The number of aryl methyl sites for hydroxylation is 1. The van der Waals surface area contributed by atoms with E-state index in [2.05, 4.69) is 45.0 Å². The van der Waals surface area contributed by atoms with Crippen molar-refractivity contribution < 1.29 is 0 Å². The largest absolute Gasteiger partial charge is 0.0845 e. The second-order valence-electron chi connectivity index (χ2n) is 7.72. The zero-order valence-corrected chi connectivity index (χ0v) is 13.5. The van der Waals surface area contributed by atoms with Gasteiger partial charge in [-0.1, -0.05) is 43.7 Å². The van der Waals surface area contributed by atoms with Gasteiger partial charge in [0.25, 0.3) is 0 Å². The smallest absolute Gasteiger partial charge is 0.00822 e. The molecule has 0 N–H and O–H groups in total. The summed E-state index contributed by atoms with van der Waals surface area (Å²) in [6, 6.07) is 6.95. The van der Waals surface area contributed by atoms with Crippen LogP contribution >= 0.6 is 0 Å². The molecule has 21 heavy (non-hydrogen) atoms. The van der Waals surface area contributed by atoms with Crippen molar-refractivity contribution in [3.05, 3.63) is 53.5 Å². The minimum atomic E-state index is 0.514. The first-order chi connectivity index (χ1) is 10.1. The van der Waals surface area contributed by atoms with Crippen molar-refractivity contribution in [3.63, 3.8) is 0 Å². The van der Waals surface area contributed by atoms with Crippen molar-refractivity contribution in [1.29, 1.82) is 0 Å². The highest BCUT2D eigenvalue weighted by Gasteiger charge is 2.50. The summed E-state index contributed by atoms with van der Waals surface area (Å²) < 4.78 is 0. The molecule has 3 aliphatic rings. The van der Waals surface area contributed by atoms with Gasteiger partial charge >= 0.3 is 0 Å². The summed E-state index contributed by atoms with van der Waals surface area (Å²) in [6.07, 6.45) is 10.6. The maximum atomic E-state index is 4.11. The van der Waals surface area contributed by atoms with Crippen LogP contribution in [0, 0.1) is 24.2 Å². The van der Waals surface area contributed by atoms with E-state index in [1.807, 2.05) is 0 Å². The van der Waals surface area contributed by atoms with Gasteiger partial charge in [-0.3, -0.25) is 0 Å². The van der Waals surface area contributed by atoms with Crippen molar-refractivity contribution in [1.82, 2.24) is 0 Å². The van der Waals surface area contributed by atoms with E-state index in [4.69, 9.17) is 0 Å². The molecule has 1 radical (unpaired) electrons. The molecule has 0 aromatic heterocycles. The van der Waals surface area contributed by atoms with E-state index in [0.29, 0.717) is 5.41 Å². The Kier molecular flexibility index (Phi) is 3.07. The fraction of sp³-hybridized carbons (Fsp3) is 0.571. The van der Waals surface area contributed by atoms with Crippen molar-refractivity contribution in [3.8, 4) is 0 Å². The molecule has 1 fully saturated rings. The minimum Gasteiger partial charge on any atom is -0.0845 e. The second-order valence-corrected chi connectivity index (χ2v) is 7.72. The normalized spacial score (nSPS) is 37.5. The van der Waals surface area contributed by atoms with Crippen LogP contribution in [0.5, 0.6) is 0 Å². The molecule has 0 amide bonds. The van der Waals surface area contributed by atoms with Gasteiger partial charge in [0, 0.05) is 0 Å². The Balaban J connectivity index is 1.69. The van der Waals surface area contributed by atoms with Crippen LogP contribution in [0.1, 0.15) is 68.6 Å². The third-order valence-electron chi connectivity index (χ3n) is 6.91. The zero-order valence-electron chi connectivity index (χ0n) is 13.5. The summed E-state index contributed by atoms with van der Waals surface area (Å²) in [7, 11) is 0. The lowest BCUT2D eigenvalue weighted by Gasteiger charge is -2.50. The van der Waals surface area contributed by atoms with Gasteiger partial charge in [0.05, 0.1) is 0 Å².